The highest BCUT2D eigenvalue weighted by Crippen LogP contribution is 2.26. The SMILES string of the molecule is CC(C)(C)OC(=O)NCC1CCN(c2nccc(-c3ccc4ccccc4c3)n2)C1. The van der Waals surface area contributed by atoms with E-state index in [4.69, 9.17) is 9.72 Å². The zero-order chi connectivity index (χ0) is 21.1. The first-order chi connectivity index (χ1) is 14.4. The summed E-state index contributed by atoms with van der Waals surface area (Å²) < 4.78 is 5.32. The van der Waals surface area contributed by atoms with Crippen LogP contribution in [0.5, 0.6) is 0 Å². The van der Waals surface area contributed by atoms with Gasteiger partial charge in [-0.05, 0) is 56.0 Å². The number of anilines is 1. The quantitative estimate of drug-likeness (QED) is 0.686. The molecule has 1 amide bonds. The highest BCUT2D eigenvalue weighted by Gasteiger charge is 2.26. The van der Waals surface area contributed by atoms with Crippen LogP contribution in [0, 0.1) is 5.92 Å². The molecular weight excluding hydrogens is 376 g/mol. The lowest BCUT2D eigenvalue weighted by molar-refractivity contribution is 0.0520. The lowest BCUT2D eigenvalue weighted by Gasteiger charge is -2.21. The summed E-state index contributed by atoms with van der Waals surface area (Å²) in [6.45, 7) is 7.88. The Bertz CT molecular complexity index is 1040. The summed E-state index contributed by atoms with van der Waals surface area (Å²) in [5.74, 6) is 1.09. The second kappa shape index (κ2) is 8.30. The molecule has 1 atom stereocenters. The molecule has 1 aliphatic heterocycles. The first kappa shape index (κ1) is 20.1. The second-order valence-electron chi connectivity index (χ2n) is 8.79. The van der Waals surface area contributed by atoms with Gasteiger partial charge in [0.15, 0.2) is 0 Å². The average molecular weight is 405 g/mol. The second-order valence-corrected chi connectivity index (χ2v) is 8.79. The first-order valence-electron chi connectivity index (χ1n) is 10.4. The van der Waals surface area contributed by atoms with Crippen molar-refractivity contribution in [1.82, 2.24) is 15.3 Å². The van der Waals surface area contributed by atoms with Crippen molar-refractivity contribution in [2.24, 2.45) is 5.92 Å². The number of nitrogens with zero attached hydrogens (tertiary/aromatic N) is 3. The van der Waals surface area contributed by atoms with Crippen molar-refractivity contribution in [2.75, 3.05) is 24.5 Å². The zero-order valence-corrected chi connectivity index (χ0v) is 17.8. The molecule has 2 aromatic carbocycles. The van der Waals surface area contributed by atoms with Gasteiger partial charge in [-0.1, -0.05) is 36.4 Å². The van der Waals surface area contributed by atoms with E-state index in [0.29, 0.717) is 12.5 Å². The van der Waals surface area contributed by atoms with Crippen LogP contribution in [0.1, 0.15) is 27.2 Å². The number of rotatable bonds is 4. The van der Waals surface area contributed by atoms with Crippen LogP contribution in [0.3, 0.4) is 0 Å². The topological polar surface area (TPSA) is 67.3 Å². The van der Waals surface area contributed by atoms with E-state index >= 15 is 0 Å². The third kappa shape index (κ3) is 4.87. The van der Waals surface area contributed by atoms with E-state index in [9.17, 15) is 4.79 Å². The number of carbonyl (C=O) groups is 1. The smallest absolute Gasteiger partial charge is 0.407 e. The molecule has 1 aromatic heterocycles. The van der Waals surface area contributed by atoms with Gasteiger partial charge in [0, 0.05) is 31.4 Å². The fourth-order valence-electron chi connectivity index (χ4n) is 3.73. The fourth-order valence-corrected chi connectivity index (χ4v) is 3.73. The van der Waals surface area contributed by atoms with Gasteiger partial charge in [0.25, 0.3) is 0 Å². The van der Waals surface area contributed by atoms with Crippen molar-refractivity contribution in [3.8, 4) is 11.3 Å². The summed E-state index contributed by atoms with van der Waals surface area (Å²) in [6, 6.07) is 16.7. The monoisotopic (exact) mass is 404 g/mol. The average Bonchev–Trinajstić information content (AvgIpc) is 3.20. The normalized spacial score (nSPS) is 16.6. The Morgan fingerprint density at radius 3 is 2.77 bits per heavy atom. The van der Waals surface area contributed by atoms with Crippen molar-refractivity contribution in [2.45, 2.75) is 32.8 Å². The van der Waals surface area contributed by atoms with Crippen LogP contribution >= 0.6 is 0 Å². The minimum atomic E-state index is -0.483. The molecule has 0 bridgehead atoms. The molecular formula is C24H28N4O2. The number of ether oxygens (including phenoxy) is 1. The molecule has 3 aromatic rings. The van der Waals surface area contributed by atoms with Crippen molar-refractivity contribution in [3.05, 3.63) is 54.7 Å². The summed E-state index contributed by atoms with van der Waals surface area (Å²) in [4.78, 5) is 23.4. The Morgan fingerprint density at radius 1 is 1.17 bits per heavy atom. The molecule has 6 heteroatoms. The first-order valence-corrected chi connectivity index (χ1v) is 10.4. The van der Waals surface area contributed by atoms with Crippen LogP contribution in [0.2, 0.25) is 0 Å². The van der Waals surface area contributed by atoms with Crippen molar-refractivity contribution in [1.29, 1.82) is 0 Å². The van der Waals surface area contributed by atoms with E-state index < -0.39 is 5.60 Å². The molecule has 1 N–H and O–H groups in total. The lowest BCUT2D eigenvalue weighted by Crippen LogP contribution is -2.36. The van der Waals surface area contributed by atoms with Gasteiger partial charge in [-0.3, -0.25) is 0 Å². The van der Waals surface area contributed by atoms with E-state index in [0.717, 1.165) is 36.7 Å². The van der Waals surface area contributed by atoms with Crippen LogP contribution in [0.15, 0.2) is 54.7 Å². The Morgan fingerprint density at radius 2 is 1.97 bits per heavy atom. The molecule has 1 unspecified atom stereocenters. The van der Waals surface area contributed by atoms with Gasteiger partial charge >= 0.3 is 6.09 Å². The molecule has 4 rings (SSSR count). The van der Waals surface area contributed by atoms with E-state index in [1.54, 1.807) is 0 Å². The Hall–Kier alpha value is -3.15. The number of alkyl carbamates (subject to hydrolysis) is 1. The third-order valence-corrected chi connectivity index (χ3v) is 5.19. The number of aromatic nitrogens is 2. The highest BCUT2D eigenvalue weighted by atomic mass is 16.6. The Kier molecular flexibility index (Phi) is 5.57. The van der Waals surface area contributed by atoms with E-state index in [1.165, 1.54) is 10.8 Å². The molecule has 2 heterocycles. The van der Waals surface area contributed by atoms with Crippen LogP contribution in [0.25, 0.3) is 22.0 Å². The van der Waals surface area contributed by atoms with E-state index in [2.05, 4.69) is 45.5 Å². The molecule has 30 heavy (non-hydrogen) atoms. The predicted molar refractivity (Wildman–Crippen MR) is 120 cm³/mol. The number of nitrogens with one attached hydrogen (secondary N) is 1. The summed E-state index contributed by atoms with van der Waals surface area (Å²) in [5.41, 5.74) is 1.52. The van der Waals surface area contributed by atoms with Crippen LogP contribution < -0.4 is 10.2 Å². The van der Waals surface area contributed by atoms with Gasteiger partial charge in [-0.15, -0.1) is 0 Å². The van der Waals surface area contributed by atoms with Gasteiger partial charge in [-0.2, -0.15) is 0 Å². The molecule has 1 fully saturated rings. The van der Waals surface area contributed by atoms with E-state index in [-0.39, 0.29) is 6.09 Å². The predicted octanol–water partition coefficient (Wildman–Crippen LogP) is 4.65. The summed E-state index contributed by atoms with van der Waals surface area (Å²) >= 11 is 0. The largest absolute Gasteiger partial charge is 0.444 e. The molecule has 6 nitrogen and oxygen atoms in total. The van der Waals surface area contributed by atoms with Gasteiger partial charge in [-0.25, -0.2) is 14.8 Å². The van der Waals surface area contributed by atoms with Gasteiger partial charge < -0.3 is 15.0 Å². The van der Waals surface area contributed by atoms with Crippen LogP contribution in [-0.4, -0.2) is 41.3 Å². The standard InChI is InChI=1S/C24H28N4O2/c1-24(2,3)30-23(29)26-15-17-11-13-28(16-17)22-25-12-10-21(27-22)20-9-8-18-6-4-5-7-19(18)14-20/h4-10,12,14,17H,11,13,15-16H2,1-3H3,(H,26,29). The molecule has 1 aliphatic rings. The Balaban J connectivity index is 1.41. The molecule has 0 spiro atoms. The van der Waals surface area contributed by atoms with E-state index in [1.807, 2.05) is 45.2 Å². The minimum Gasteiger partial charge on any atom is -0.444 e. The number of carbonyl (C=O) groups excluding carboxylic acids is 1. The van der Waals surface area contributed by atoms with Crippen LogP contribution in [0.4, 0.5) is 10.7 Å². The van der Waals surface area contributed by atoms with Crippen molar-refractivity contribution in [3.63, 3.8) is 0 Å². The maximum atomic E-state index is 11.9. The lowest BCUT2D eigenvalue weighted by atomic mass is 10.1. The molecule has 1 saturated heterocycles. The zero-order valence-electron chi connectivity index (χ0n) is 17.8. The van der Waals surface area contributed by atoms with Crippen molar-refractivity contribution >= 4 is 22.8 Å². The Labute approximate surface area is 177 Å². The summed E-state index contributed by atoms with van der Waals surface area (Å²) in [5, 5.41) is 5.30. The summed E-state index contributed by atoms with van der Waals surface area (Å²) in [6.07, 6.45) is 2.44. The molecule has 156 valence electrons. The molecule has 0 aliphatic carbocycles. The molecule has 0 saturated carbocycles. The fraction of sp³-hybridized carbons (Fsp3) is 0.375. The number of benzene rings is 2. The molecule has 0 radical (unpaired) electrons. The maximum Gasteiger partial charge on any atom is 0.407 e. The number of hydrogen-bond acceptors (Lipinski definition) is 5. The third-order valence-electron chi connectivity index (χ3n) is 5.19. The number of hydrogen-bond donors (Lipinski definition) is 1. The highest BCUT2D eigenvalue weighted by molar-refractivity contribution is 5.86. The number of fused-ring (bicyclic) bond motifs is 1. The maximum absolute atomic E-state index is 11.9. The van der Waals surface area contributed by atoms with Gasteiger partial charge in [0.05, 0.1) is 5.69 Å². The van der Waals surface area contributed by atoms with Gasteiger partial charge in [0.2, 0.25) is 5.95 Å². The van der Waals surface area contributed by atoms with Crippen LogP contribution in [-0.2, 0) is 4.74 Å². The minimum absolute atomic E-state index is 0.352. The van der Waals surface area contributed by atoms with Gasteiger partial charge in [0.1, 0.15) is 5.60 Å². The van der Waals surface area contributed by atoms with Crippen molar-refractivity contribution < 1.29 is 9.53 Å². The number of amides is 1. The summed E-state index contributed by atoms with van der Waals surface area (Å²) in [7, 11) is 0.